The number of rotatable bonds is 24. The predicted octanol–water partition coefficient (Wildman–Crippen LogP) is 2.13. The molecule has 39 heavy (non-hydrogen) atoms. The Morgan fingerprint density at radius 3 is 1.92 bits per heavy atom. The van der Waals surface area contributed by atoms with E-state index in [0.717, 1.165) is 38.5 Å². The van der Waals surface area contributed by atoms with E-state index in [0.29, 0.717) is 31.8 Å². The van der Waals surface area contributed by atoms with Crippen molar-refractivity contribution in [3.8, 4) is 0 Å². The number of unbranched alkanes of at least 4 members (excludes halogenated alkanes) is 3. The average Bonchev–Trinajstić information content (AvgIpc) is 2.94. The van der Waals surface area contributed by atoms with Crippen molar-refractivity contribution in [3.05, 3.63) is 0 Å². The molecular formula is C27H53BrO11. The van der Waals surface area contributed by atoms with E-state index in [1.807, 2.05) is 6.92 Å². The van der Waals surface area contributed by atoms with Gasteiger partial charge < -0.3 is 53.6 Å². The summed E-state index contributed by atoms with van der Waals surface area (Å²) < 4.78 is 41.9. The summed E-state index contributed by atoms with van der Waals surface area (Å²) in [4.78, 5) is 0. The first-order valence-corrected chi connectivity index (χ1v) is 15.5. The van der Waals surface area contributed by atoms with E-state index in [9.17, 15) is 20.4 Å². The highest BCUT2D eigenvalue weighted by Gasteiger charge is 2.46. The normalized spacial score (nSPS) is 26.8. The number of hydrogen-bond acceptors (Lipinski definition) is 11. The Morgan fingerprint density at radius 1 is 0.769 bits per heavy atom. The molecule has 1 fully saturated rings. The minimum Gasteiger partial charge on any atom is -0.394 e. The largest absolute Gasteiger partial charge is 0.394 e. The van der Waals surface area contributed by atoms with Gasteiger partial charge in [0.25, 0.3) is 0 Å². The first kappa shape index (κ1) is 37.1. The first-order chi connectivity index (χ1) is 18.8. The van der Waals surface area contributed by atoms with Gasteiger partial charge in [-0.15, -0.1) is 0 Å². The molecule has 0 aromatic heterocycles. The number of ether oxygens (including phenoxy) is 7. The molecule has 234 valence electrons. The van der Waals surface area contributed by atoms with Crippen molar-refractivity contribution in [1.29, 1.82) is 0 Å². The van der Waals surface area contributed by atoms with Crippen molar-refractivity contribution in [2.45, 2.75) is 122 Å². The number of aliphatic hydroxyl groups excluding tert-OH is 4. The molecule has 0 radical (unpaired) electrons. The van der Waals surface area contributed by atoms with Gasteiger partial charge in [-0.05, 0) is 26.2 Å². The maximum absolute atomic E-state index is 10.6. The lowest BCUT2D eigenvalue weighted by atomic mass is 9.99. The highest BCUT2D eigenvalue weighted by Crippen LogP contribution is 2.25. The van der Waals surface area contributed by atoms with Crippen LogP contribution in [0.5, 0.6) is 0 Å². The fraction of sp³-hybridized carbons (Fsp3) is 1.00. The number of aliphatic hydroxyl groups is 4. The second kappa shape index (κ2) is 22.6. The minimum atomic E-state index is -1.57. The quantitative estimate of drug-likeness (QED) is 0.0705. The Morgan fingerprint density at radius 2 is 1.36 bits per heavy atom. The van der Waals surface area contributed by atoms with Crippen LogP contribution >= 0.6 is 15.9 Å². The van der Waals surface area contributed by atoms with E-state index >= 15 is 0 Å². The summed E-state index contributed by atoms with van der Waals surface area (Å²) in [5.74, 6) is 0. The fourth-order valence-corrected chi connectivity index (χ4v) is 3.99. The molecule has 0 saturated carbocycles. The molecule has 0 aromatic carbocycles. The zero-order valence-corrected chi connectivity index (χ0v) is 25.7. The van der Waals surface area contributed by atoms with Gasteiger partial charge in [-0.1, -0.05) is 56.0 Å². The summed E-state index contributed by atoms with van der Waals surface area (Å²) >= 11 is 3.38. The van der Waals surface area contributed by atoms with E-state index in [-0.39, 0.29) is 19.3 Å². The third-order valence-corrected chi connectivity index (χ3v) is 6.70. The van der Waals surface area contributed by atoms with Crippen LogP contribution in [-0.2, 0) is 33.2 Å². The summed E-state index contributed by atoms with van der Waals surface area (Å²) in [6.45, 7) is 9.90. The van der Waals surface area contributed by atoms with Gasteiger partial charge in [0.2, 0.25) is 0 Å². The molecule has 0 aromatic rings. The lowest BCUT2D eigenvalue weighted by molar-refractivity contribution is -0.341. The molecule has 0 spiro atoms. The van der Waals surface area contributed by atoms with Crippen LogP contribution in [0.2, 0.25) is 0 Å². The van der Waals surface area contributed by atoms with Gasteiger partial charge in [-0.3, -0.25) is 0 Å². The Labute approximate surface area is 242 Å². The van der Waals surface area contributed by atoms with E-state index in [1.54, 1.807) is 0 Å². The molecule has 1 heterocycles. The molecule has 0 aliphatic carbocycles. The Bertz CT molecular complexity index is 574. The van der Waals surface area contributed by atoms with Crippen LogP contribution < -0.4 is 0 Å². The molecular weight excluding hydrogens is 580 g/mol. The maximum Gasteiger partial charge on any atom is 0.187 e. The van der Waals surface area contributed by atoms with Gasteiger partial charge in [-0.2, -0.15) is 0 Å². The van der Waals surface area contributed by atoms with E-state index in [1.165, 1.54) is 0 Å². The monoisotopic (exact) mass is 632 g/mol. The second-order valence-electron chi connectivity index (χ2n) is 9.76. The molecule has 9 atom stereocenters. The third-order valence-electron chi connectivity index (χ3n) is 6.38. The zero-order chi connectivity index (χ0) is 29.0. The van der Waals surface area contributed by atoms with Crippen LogP contribution in [0, 0.1) is 0 Å². The Balaban J connectivity index is 3.13. The SMILES string of the molecule is CCCCOCC(O[C@H](OCCBr)[C@@H](COCCCC)O[C@H]1OC(CO)[C@@H](O)C(O)[C@H]1O)[C@H](C)OCCCC. The zero-order valence-electron chi connectivity index (χ0n) is 24.1. The van der Waals surface area contributed by atoms with Gasteiger partial charge in [0.05, 0.1) is 32.5 Å². The van der Waals surface area contributed by atoms with Gasteiger partial charge >= 0.3 is 0 Å². The number of alkyl halides is 1. The summed E-state index contributed by atoms with van der Waals surface area (Å²) in [5, 5.41) is 41.1. The molecule has 12 heteroatoms. The Kier molecular flexibility index (Phi) is 21.5. The van der Waals surface area contributed by atoms with Gasteiger partial charge in [0, 0.05) is 25.2 Å². The van der Waals surface area contributed by atoms with Crippen molar-refractivity contribution in [1.82, 2.24) is 0 Å². The predicted molar refractivity (Wildman–Crippen MR) is 149 cm³/mol. The molecule has 3 unspecified atom stereocenters. The third kappa shape index (κ3) is 14.2. The van der Waals surface area contributed by atoms with Crippen molar-refractivity contribution in [3.63, 3.8) is 0 Å². The summed E-state index contributed by atoms with van der Waals surface area (Å²) in [6.07, 6.45) is -4.09. The Hall–Kier alpha value is 0.0400. The minimum absolute atomic E-state index is 0.0520. The topological polar surface area (TPSA) is 146 Å². The van der Waals surface area contributed by atoms with Crippen LogP contribution in [0.1, 0.15) is 66.2 Å². The second-order valence-corrected chi connectivity index (χ2v) is 10.6. The molecule has 1 aliphatic rings. The maximum atomic E-state index is 10.6. The molecule has 1 aliphatic heterocycles. The van der Waals surface area contributed by atoms with Crippen molar-refractivity contribution < 1.29 is 53.6 Å². The number of halogens is 1. The van der Waals surface area contributed by atoms with Gasteiger partial charge in [0.15, 0.2) is 12.6 Å². The molecule has 11 nitrogen and oxygen atoms in total. The molecule has 0 bridgehead atoms. The van der Waals surface area contributed by atoms with E-state index < -0.39 is 55.8 Å². The summed E-state index contributed by atoms with van der Waals surface area (Å²) in [5.41, 5.74) is 0. The molecule has 0 amide bonds. The van der Waals surface area contributed by atoms with Crippen molar-refractivity contribution in [2.24, 2.45) is 0 Å². The smallest absolute Gasteiger partial charge is 0.187 e. The first-order valence-electron chi connectivity index (χ1n) is 14.4. The fourth-order valence-electron chi connectivity index (χ4n) is 3.80. The van der Waals surface area contributed by atoms with Crippen LogP contribution in [0.15, 0.2) is 0 Å². The lowest BCUT2D eigenvalue weighted by Crippen LogP contribution is -2.60. The van der Waals surface area contributed by atoms with Crippen LogP contribution in [0.25, 0.3) is 0 Å². The van der Waals surface area contributed by atoms with Crippen LogP contribution in [-0.4, -0.2) is 127 Å². The highest BCUT2D eigenvalue weighted by atomic mass is 79.9. The van der Waals surface area contributed by atoms with Gasteiger partial charge in [0.1, 0.15) is 36.6 Å². The van der Waals surface area contributed by atoms with Crippen molar-refractivity contribution in [2.75, 3.05) is 51.6 Å². The van der Waals surface area contributed by atoms with Crippen LogP contribution in [0.3, 0.4) is 0 Å². The van der Waals surface area contributed by atoms with Crippen LogP contribution in [0.4, 0.5) is 0 Å². The summed E-state index contributed by atoms with van der Waals surface area (Å²) in [7, 11) is 0. The van der Waals surface area contributed by atoms with E-state index in [4.69, 9.17) is 33.2 Å². The van der Waals surface area contributed by atoms with E-state index in [2.05, 4.69) is 36.7 Å². The van der Waals surface area contributed by atoms with Gasteiger partial charge in [-0.25, -0.2) is 0 Å². The highest BCUT2D eigenvalue weighted by molar-refractivity contribution is 9.09. The summed E-state index contributed by atoms with van der Waals surface area (Å²) in [6, 6.07) is 0. The molecule has 1 saturated heterocycles. The molecule has 1 rings (SSSR count). The lowest BCUT2D eigenvalue weighted by Gasteiger charge is -2.42. The van der Waals surface area contributed by atoms with Crippen molar-refractivity contribution >= 4 is 15.9 Å². The average molecular weight is 634 g/mol. The standard InChI is InChI=1S/C27H53BrO11/c1-5-8-12-33-17-21(19(4)35-14-10-7-3)38-26(36-15-11-28)22(18-34-13-9-6-2)39-27-25(32)24(31)23(30)20(16-29)37-27/h19-27,29-32H,5-18H2,1-4H3/t19-,20?,21?,22+,23+,24?,25+,26-,27+/m0/s1. The number of hydrogen-bond donors (Lipinski definition) is 4. The molecule has 4 N–H and O–H groups in total.